The molecule has 8 heteroatoms. The summed E-state index contributed by atoms with van der Waals surface area (Å²) < 4.78 is 0. The highest BCUT2D eigenvalue weighted by Crippen LogP contribution is 2.32. The van der Waals surface area contributed by atoms with Gasteiger partial charge in [-0.3, -0.25) is 9.59 Å². The number of aromatic nitrogens is 2. The van der Waals surface area contributed by atoms with E-state index < -0.39 is 5.91 Å². The Hall–Kier alpha value is -4.33. The van der Waals surface area contributed by atoms with E-state index in [-0.39, 0.29) is 11.8 Å². The van der Waals surface area contributed by atoms with Gasteiger partial charge in [0.05, 0.1) is 16.8 Å². The number of benzene rings is 2. The fourth-order valence-electron chi connectivity index (χ4n) is 4.00. The highest BCUT2D eigenvalue weighted by molar-refractivity contribution is 5.99. The number of primary amides is 1. The van der Waals surface area contributed by atoms with Gasteiger partial charge in [0.25, 0.3) is 5.91 Å². The number of anilines is 4. The van der Waals surface area contributed by atoms with E-state index in [4.69, 9.17) is 5.73 Å². The molecule has 5 rings (SSSR count). The first-order valence-corrected chi connectivity index (χ1v) is 11.2. The average molecular weight is 455 g/mol. The lowest BCUT2D eigenvalue weighted by Gasteiger charge is -2.18. The number of hydrogen-bond acceptors (Lipinski definition) is 5. The summed E-state index contributed by atoms with van der Waals surface area (Å²) in [5.41, 5.74) is 10.3. The topological polar surface area (TPSA) is 116 Å². The molecule has 0 spiro atoms. The molecule has 172 valence electrons. The number of nitrogens with zero attached hydrogens (tertiary/aromatic N) is 2. The summed E-state index contributed by atoms with van der Waals surface area (Å²) in [7, 11) is 1.80. The van der Waals surface area contributed by atoms with E-state index in [0.29, 0.717) is 23.6 Å². The third-order valence-corrected chi connectivity index (χ3v) is 6.10. The molecule has 1 fully saturated rings. The van der Waals surface area contributed by atoms with Gasteiger partial charge in [0.15, 0.2) is 0 Å². The number of carbonyl (C=O) groups excluding carboxylic acids is 2. The number of hydrogen-bond donors (Lipinski definition) is 4. The zero-order valence-corrected chi connectivity index (χ0v) is 18.8. The number of aromatic amines is 1. The van der Waals surface area contributed by atoms with Crippen LogP contribution in [0, 0.1) is 5.92 Å². The Kier molecular flexibility index (Phi) is 5.63. The summed E-state index contributed by atoms with van der Waals surface area (Å²) in [6.07, 6.45) is 5.33. The maximum atomic E-state index is 12.3. The van der Waals surface area contributed by atoms with Crippen molar-refractivity contribution in [2.75, 3.05) is 22.6 Å². The van der Waals surface area contributed by atoms with Gasteiger partial charge >= 0.3 is 0 Å². The molecule has 8 nitrogen and oxygen atoms in total. The van der Waals surface area contributed by atoms with E-state index in [0.717, 1.165) is 40.7 Å². The van der Waals surface area contributed by atoms with Gasteiger partial charge in [-0.25, -0.2) is 4.98 Å². The van der Waals surface area contributed by atoms with Crippen LogP contribution in [0.3, 0.4) is 0 Å². The third-order valence-electron chi connectivity index (χ3n) is 6.10. The SMILES string of the molecule is CN(C(=O)C1CC1)c1ccc(Nc2cc(NCc3cccc4cc[nH]c34)c(C(N)=O)cn2)cc1. The molecule has 0 bridgehead atoms. The molecular formula is C26H26N6O2. The third kappa shape index (κ3) is 4.43. The van der Waals surface area contributed by atoms with Gasteiger partial charge in [0.1, 0.15) is 5.82 Å². The van der Waals surface area contributed by atoms with Crippen molar-refractivity contribution in [2.24, 2.45) is 11.7 Å². The first-order chi connectivity index (χ1) is 16.5. The van der Waals surface area contributed by atoms with Gasteiger partial charge in [-0.05, 0) is 54.1 Å². The van der Waals surface area contributed by atoms with Crippen LogP contribution >= 0.6 is 0 Å². The van der Waals surface area contributed by atoms with Crippen LogP contribution in [0.15, 0.2) is 67.0 Å². The molecule has 0 atom stereocenters. The summed E-state index contributed by atoms with van der Waals surface area (Å²) in [6, 6.07) is 17.5. The predicted octanol–water partition coefficient (Wildman–Crippen LogP) is 4.39. The van der Waals surface area contributed by atoms with Gasteiger partial charge < -0.3 is 26.3 Å². The second-order valence-electron chi connectivity index (χ2n) is 8.54. The average Bonchev–Trinajstić information content (AvgIpc) is 3.58. The van der Waals surface area contributed by atoms with Crippen LogP contribution in [0.2, 0.25) is 0 Å². The van der Waals surface area contributed by atoms with Gasteiger partial charge in [-0.2, -0.15) is 0 Å². The number of fused-ring (bicyclic) bond motifs is 1. The van der Waals surface area contributed by atoms with Crippen LogP contribution in [0.25, 0.3) is 10.9 Å². The number of H-pyrrole nitrogens is 1. The minimum absolute atomic E-state index is 0.162. The van der Waals surface area contributed by atoms with E-state index >= 15 is 0 Å². The van der Waals surface area contributed by atoms with Crippen molar-refractivity contribution in [3.05, 3.63) is 78.1 Å². The van der Waals surface area contributed by atoms with E-state index in [9.17, 15) is 9.59 Å². The largest absolute Gasteiger partial charge is 0.380 e. The first-order valence-electron chi connectivity index (χ1n) is 11.2. The highest BCUT2D eigenvalue weighted by Gasteiger charge is 2.32. The molecule has 0 radical (unpaired) electrons. The molecule has 2 amide bonds. The molecule has 1 aliphatic rings. The van der Waals surface area contributed by atoms with Crippen molar-refractivity contribution >= 4 is 45.6 Å². The number of rotatable bonds is 8. The standard InChI is InChI=1S/C26H26N6O2/c1-32(26(34)17-5-6-17)20-9-7-19(8-10-20)31-23-13-22(21(15-30-23)25(27)33)29-14-18-4-2-3-16-11-12-28-24(16)18/h2-4,7-13,15,17,28H,5-6,14H2,1H3,(H2,27,33)(H2,29,30,31). The quantitative estimate of drug-likeness (QED) is 0.315. The zero-order valence-electron chi connectivity index (χ0n) is 18.8. The smallest absolute Gasteiger partial charge is 0.252 e. The fourth-order valence-corrected chi connectivity index (χ4v) is 4.00. The number of nitrogens with one attached hydrogen (secondary N) is 3. The first kappa shape index (κ1) is 21.5. The molecule has 1 saturated carbocycles. The van der Waals surface area contributed by atoms with Gasteiger partial charge in [-0.15, -0.1) is 0 Å². The Morgan fingerprint density at radius 1 is 1.15 bits per heavy atom. The molecule has 2 heterocycles. The molecule has 1 aliphatic carbocycles. The van der Waals surface area contributed by atoms with E-state index in [1.165, 1.54) is 6.20 Å². The van der Waals surface area contributed by atoms with E-state index in [1.54, 1.807) is 18.0 Å². The highest BCUT2D eigenvalue weighted by atomic mass is 16.2. The number of carbonyl (C=O) groups is 2. The van der Waals surface area contributed by atoms with E-state index in [2.05, 4.69) is 20.6 Å². The predicted molar refractivity (Wildman–Crippen MR) is 134 cm³/mol. The van der Waals surface area contributed by atoms with Gasteiger partial charge in [-0.1, -0.05) is 18.2 Å². The molecule has 4 aromatic rings. The van der Waals surface area contributed by atoms with Crippen molar-refractivity contribution in [1.29, 1.82) is 0 Å². The normalized spacial score (nSPS) is 13.0. The molecule has 0 aliphatic heterocycles. The van der Waals surface area contributed by atoms with Crippen LogP contribution in [0.1, 0.15) is 28.8 Å². The van der Waals surface area contributed by atoms with Crippen LogP contribution in [0.4, 0.5) is 22.9 Å². The summed E-state index contributed by atoms with van der Waals surface area (Å²) >= 11 is 0. The molecule has 34 heavy (non-hydrogen) atoms. The molecule has 0 saturated heterocycles. The van der Waals surface area contributed by atoms with Crippen molar-refractivity contribution < 1.29 is 9.59 Å². The number of nitrogens with two attached hydrogens (primary N) is 1. The molecule has 2 aromatic heterocycles. The lowest BCUT2D eigenvalue weighted by Crippen LogP contribution is -2.27. The van der Waals surface area contributed by atoms with Gasteiger partial charge in [0, 0.05) is 49.3 Å². The van der Waals surface area contributed by atoms with Crippen molar-refractivity contribution in [1.82, 2.24) is 9.97 Å². The second kappa shape index (κ2) is 8.90. The Morgan fingerprint density at radius 2 is 1.94 bits per heavy atom. The maximum Gasteiger partial charge on any atom is 0.252 e. The second-order valence-corrected chi connectivity index (χ2v) is 8.54. The summed E-state index contributed by atoms with van der Waals surface area (Å²) in [5.74, 6) is 0.356. The lowest BCUT2D eigenvalue weighted by atomic mass is 10.1. The van der Waals surface area contributed by atoms with Gasteiger partial charge in [0.2, 0.25) is 5.91 Å². The minimum atomic E-state index is -0.549. The number of para-hydroxylation sites is 1. The Morgan fingerprint density at radius 3 is 2.68 bits per heavy atom. The molecular weight excluding hydrogens is 428 g/mol. The maximum absolute atomic E-state index is 12.3. The summed E-state index contributed by atoms with van der Waals surface area (Å²) in [6.45, 7) is 0.512. The number of amides is 2. The zero-order chi connectivity index (χ0) is 23.7. The lowest BCUT2D eigenvalue weighted by molar-refractivity contribution is -0.119. The Labute approximate surface area is 197 Å². The number of pyridine rings is 1. The summed E-state index contributed by atoms with van der Waals surface area (Å²) in [4.78, 5) is 33.6. The summed E-state index contributed by atoms with van der Waals surface area (Å²) in [5, 5.41) is 7.70. The van der Waals surface area contributed by atoms with Crippen molar-refractivity contribution in [2.45, 2.75) is 19.4 Å². The van der Waals surface area contributed by atoms with Crippen LogP contribution < -0.4 is 21.3 Å². The monoisotopic (exact) mass is 454 g/mol. The minimum Gasteiger partial charge on any atom is -0.380 e. The van der Waals surface area contributed by atoms with Crippen molar-refractivity contribution in [3.8, 4) is 0 Å². The van der Waals surface area contributed by atoms with Crippen LogP contribution in [-0.2, 0) is 11.3 Å². The van der Waals surface area contributed by atoms with Crippen LogP contribution in [-0.4, -0.2) is 28.8 Å². The Balaban J connectivity index is 1.32. The fraction of sp³-hybridized carbons (Fsp3) is 0.192. The van der Waals surface area contributed by atoms with Crippen molar-refractivity contribution in [3.63, 3.8) is 0 Å². The molecule has 5 N–H and O–H groups in total. The van der Waals surface area contributed by atoms with E-state index in [1.807, 2.05) is 54.7 Å². The molecule has 2 aromatic carbocycles. The Bertz CT molecular complexity index is 1360. The molecule has 0 unspecified atom stereocenters. The van der Waals surface area contributed by atoms with Crippen LogP contribution in [0.5, 0.6) is 0 Å².